The quantitative estimate of drug-likeness (QED) is 0.548. The second kappa shape index (κ2) is 5.48. The monoisotopic (exact) mass is 223 g/mol. The van der Waals surface area contributed by atoms with E-state index in [0.29, 0.717) is 11.4 Å². The minimum Gasteiger partial charge on any atom is -0.397 e. The highest BCUT2D eigenvalue weighted by Gasteiger charge is 2.21. The fraction of sp³-hybridized carbons (Fsp3) is 0.364. The lowest BCUT2D eigenvalue weighted by atomic mass is 10.1. The third-order valence-electron chi connectivity index (χ3n) is 2.29. The SMILES string of the molecule is CN[C@H](C(=O)Nc1ccccc1N)[C@@H](C)O. The molecule has 0 saturated heterocycles. The Bertz CT molecular complexity index is 366. The molecule has 1 aromatic carbocycles. The van der Waals surface area contributed by atoms with Crippen LogP contribution in [0.15, 0.2) is 24.3 Å². The van der Waals surface area contributed by atoms with E-state index >= 15 is 0 Å². The number of benzene rings is 1. The largest absolute Gasteiger partial charge is 0.397 e. The summed E-state index contributed by atoms with van der Waals surface area (Å²) in [6.07, 6.45) is -0.769. The van der Waals surface area contributed by atoms with Crippen LogP contribution < -0.4 is 16.4 Å². The molecule has 1 amide bonds. The molecule has 0 aliphatic rings. The topological polar surface area (TPSA) is 87.4 Å². The first-order chi connectivity index (χ1) is 7.56. The Labute approximate surface area is 94.7 Å². The van der Waals surface area contributed by atoms with Crippen molar-refractivity contribution in [3.05, 3.63) is 24.3 Å². The van der Waals surface area contributed by atoms with Gasteiger partial charge in [-0.3, -0.25) is 4.79 Å². The molecule has 16 heavy (non-hydrogen) atoms. The van der Waals surface area contributed by atoms with Gasteiger partial charge < -0.3 is 21.5 Å². The van der Waals surface area contributed by atoms with Crippen molar-refractivity contribution < 1.29 is 9.90 Å². The second-order valence-electron chi connectivity index (χ2n) is 3.58. The molecule has 88 valence electrons. The summed E-state index contributed by atoms with van der Waals surface area (Å²) < 4.78 is 0. The first-order valence-electron chi connectivity index (χ1n) is 5.07. The Morgan fingerprint density at radius 1 is 1.44 bits per heavy atom. The molecule has 0 fully saturated rings. The molecular weight excluding hydrogens is 206 g/mol. The molecule has 0 heterocycles. The van der Waals surface area contributed by atoms with Crippen molar-refractivity contribution in [1.82, 2.24) is 5.32 Å². The van der Waals surface area contributed by atoms with Gasteiger partial charge >= 0.3 is 0 Å². The van der Waals surface area contributed by atoms with Crippen LogP contribution in [0.4, 0.5) is 11.4 Å². The average Bonchev–Trinajstić information content (AvgIpc) is 2.22. The molecular formula is C11H17N3O2. The van der Waals surface area contributed by atoms with E-state index in [4.69, 9.17) is 5.73 Å². The van der Waals surface area contributed by atoms with E-state index in [0.717, 1.165) is 0 Å². The molecule has 2 atom stereocenters. The third-order valence-corrected chi connectivity index (χ3v) is 2.29. The molecule has 0 unspecified atom stereocenters. The van der Waals surface area contributed by atoms with Crippen LogP contribution in [0, 0.1) is 0 Å². The summed E-state index contributed by atoms with van der Waals surface area (Å²) in [6.45, 7) is 1.55. The maximum atomic E-state index is 11.7. The average molecular weight is 223 g/mol. The summed E-state index contributed by atoms with van der Waals surface area (Å²) in [4.78, 5) is 11.7. The van der Waals surface area contributed by atoms with Gasteiger partial charge in [-0.2, -0.15) is 0 Å². The molecule has 0 aromatic heterocycles. The van der Waals surface area contributed by atoms with E-state index < -0.39 is 12.1 Å². The van der Waals surface area contributed by atoms with Crippen molar-refractivity contribution in [2.24, 2.45) is 0 Å². The van der Waals surface area contributed by atoms with Crippen LogP contribution in [-0.4, -0.2) is 30.2 Å². The number of nitrogen functional groups attached to an aromatic ring is 1. The van der Waals surface area contributed by atoms with Gasteiger partial charge in [0.05, 0.1) is 17.5 Å². The third kappa shape index (κ3) is 2.95. The molecule has 5 nitrogen and oxygen atoms in total. The van der Waals surface area contributed by atoms with E-state index in [9.17, 15) is 9.90 Å². The Balaban J connectivity index is 2.74. The number of amides is 1. The van der Waals surface area contributed by atoms with Gasteiger partial charge in [-0.1, -0.05) is 12.1 Å². The zero-order valence-electron chi connectivity index (χ0n) is 9.40. The summed E-state index contributed by atoms with van der Waals surface area (Å²) >= 11 is 0. The number of nitrogens with one attached hydrogen (secondary N) is 2. The van der Waals surface area contributed by atoms with Crippen LogP contribution in [0.5, 0.6) is 0 Å². The Morgan fingerprint density at radius 2 is 2.06 bits per heavy atom. The number of anilines is 2. The summed E-state index contributed by atoms with van der Waals surface area (Å²) in [5.41, 5.74) is 6.73. The summed E-state index contributed by atoms with van der Waals surface area (Å²) in [6, 6.07) is 6.33. The van der Waals surface area contributed by atoms with Gasteiger partial charge in [0.2, 0.25) is 5.91 Å². The van der Waals surface area contributed by atoms with Crippen LogP contribution in [0.2, 0.25) is 0 Å². The number of hydrogen-bond donors (Lipinski definition) is 4. The lowest BCUT2D eigenvalue weighted by Gasteiger charge is -2.19. The number of para-hydroxylation sites is 2. The van der Waals surface area contributed by atoms with Crippen molar-refractivity contribution >= 4 is 17.3 Å². The molecule has 0 saturated carbocycles. The van der Waals surface area contributed by atoms with Crippen molar-refractivity contribution in [3.8, 4) is 0 Å². The second-order valence-corrected chi connectivity index (χ2v) is 3.58. The standard InChI is InChI=1S/C11H17N3O2/c1-7(15)10(13-2)11(16)14-9-6-4-3-5-8(9)12/h3-7,10,13,15H,12H2,1-2H3,(H,14,16)/t7-,10+/m1/s1. The lowest BCUT2D eigenvalue weighted by Crippen LogP contribution is -2.46. The van der Waals surface area contributed by atoms with E-state index in [2.05, 4.69) is 10.6 Å². The summed E-state index contributed by atoms with van der Waals surface area (Å²) in [7, 11) is 1.62. The zero-order valence-corrected chi connectivity index (χ0v) is 9.40. The fourth-order valence-electron chi connectivity index (χ4n) is 1.41. The lowest BCUT2D eigenvalue weighted by molar-refractivity contribution is -0.120. The molecule has 1 aromatic rings. The molecule has 0 aliphatic heterocycles. The number of nitrogens with two attached hydrogens (primary N) is 1. The van der Waals surface area contributed by atoms with E-state index in [-0.39, 0.29) is 5.91 Å². The number of carbonyl (C=O) groups excluding carboxylic acids is 1. The van der Waals surface area contributed by atoms with Crippen molar-refractivity contribution in [2.75, 3.05) is 18.1 Å². The highest BCUT2D eigenvalue weighted by Crippen LogP contribution is 2.16. The molecule has 1 rings (SSSR count). The Hall–Kier alpha value is -1.59. The molecule has 0 aliphatic carbocycles. The van der Waals surface area contributed by atoms with Crippen LogP contribution in [0.3, 0.4) is 0 Å². The maximum Gasteiger partial charge on any atom is 0.244 e. The number of likely N-dealkylation sites (N-methyl/N-ethyl adjacent to an activating group) is 1. The van der Waals surface area contributed by atoms with E-state index in [1.165, 1.54) is 0 Å². The van der Waals surface area contributed by atoms with Gasteiger partial charge in [-0.15, -0.1) is 0 Å². The summed E-state index contributed by atoms with van der Waals surface area (Å²) in [5.74, 6) is -0.310. The van der Waals surface area contributed by atoms with E-state index in [1.54, 1.807) is 38.2 Å². The van der Waals surface area contributed by atoms with Crippen LogP contribution >= 0.6 is 0 Å². The van der Waals surface area contributed by atoms with Gasteiger partial charge in [-0.25, -0.2) is 0 Å². The molecule has 5 N–H and O–H groups in total. The minimum absolute atomic E-state index is 0.310. The predicted molar refractivity (Wildman–Crippen MR) is 64.0 cm³/mol. The summed E-state index contributed by atoms with van der Waals surface area (Å²) in [5, 5.41) is 14.8. The minimum atomic E-state index is -0.769. The normalized spacial score (nSPS) is 14.2. The first kappa shape index (κ1) is 12.5. The van der Waals surface area contributed by atoms with Crippen molar-refractivity contribution in [1.29, 1.82) is 0 Å². The first-order valence-corrected chi connectivity index (χ1v) is 5.07. The van der Waals surface area contributed by atoms with Gasteiger partial charge in [0.1, 0.15) is 6.04 Å². The van der Waals surface area contributed by atoms with Gasteiger partial charge in [0, 0.05) is 0 Å². The number of hydrogen-bond acceptors (Lipinski definition) is 4. The van der Waals surface area contributed by atoms with E-state index in [1.807, 2.05) is 0 Å². The van der Waals surface area contributed by atoms with Crippen LogP contribution in [0.25, 0.3) is 0 Å². The van der Waals surface area contributed by atoms with Crippen molar-refractivity contribution in [3.63, 3.8) is 0 Å². The van der Waals surface area contributed by atoms with Gasteiger partial charge in [0.15, 0.2) is 0 Å². The highest BCUT2D eigenvalue weighted by atomic mass is 16.3. The Morgan fingerprint density at radius 3 is 2.56 bits per heavy atom. The smallest absolute Gasteiger partial charge is 0.244 e. The maximum absolute atomic E-state index is 11.7. The number of aliphatic hydroxyl groups excluding tert-OH is 1. The molecule has 5 heteroatoms. The van der Waals surface area contributed by atoms with Gasteiger partial charge in [0.25, 0.3) is 0 Å². The number of rotatable bonds is 4. The predicted octanol–water partition coefficient (Wildman–Crippen LogP) is 0.176. The molecule has 0 bridgehead atoms. The number of aliphatic hydroxyl groups is 1. The van der Waals surface area contributed by atoms with Crippen LogP contribution in [0.1, 0.15) is 6.92 Å². The zero-order chi connectivity index (χ0) is 12.1. The molecule has 0 radical (unpaired) electrons. The fourth-order valence-corrected chi connectivity index (χ4v) is 1.41. The highest BCUT2D eigenvalue weighted by molar-refractivity contribution is 5.97. The number of carbonyl (C=O) groups is 1. The van der Waals surface area contributed by atoms with Crippen molar-refractivity contribution in [2.45, 2.75) is 19.1 Å². The van der Waals surface area contributed by atoms with Crippen LogP contribution in [-0.2, 0) is 4.79 Å². The molecule has 0 spiro atoms. The van der Waals surface area contributed by atoms with Gasteiger partial charge in [-0.05, 0) is 26.1 Å². The Kier molecular flexibility index (Phi) is 4.28.